The van der Waals surface area contributed by atoms with Gasteiger partial charge in [-0.2, -0.15) is 0 Å². The molecule has 7 aromatic rings. The molecule has 0 bridgehead atoms. The van der Waals surface area contributed by atoms with Crippen molar-refractivity contribution < 1.29 is 39.2 Å². The minimum Gasteiger partial charge on any atom is -0.491 e. The zero-order chi connectivity index (χ0) is 70.7. The van der Waals surface area contributed by atoms with E-state index in [4.69, 9.17) is 24.7 Å². The maximum Gasteiger partial charge on any atom is 0.338 e. The fourth-order valence-electron chi connectivity index (χ4n) is 14.0. The SMILES string of the molecule is CCCCCCOc1cc2c(cc1N(C)c1ncc(C(=O)O)cn1)C(C)(C)CCC2(C)C.CCCCCOc1cc2c(cc1N(C)c1ncc(C(=O)O)cn1)C(C)(C)CCC2(C)C.Cc1ccc2c(c1)N=C(c1ccc(C(=O)O)cc1)c1cc3c(cc1N2C)C(C)(C)CCC3(C)C. The number of anilines is 6. The van der Waals surface area contributed by atoms with Crippen LogP contribution in [0.3, 0.4) is 0 Å². The highest BCUT2D eigenvalue weighted by Crippen LogP contribution is 2.53. The van der Waals surface area contributed by atoms with Gasteiger partial charge in [0.05, 0.1) is 64.1 Å². The summed E-state index contributed by atoms with van der Waals surface area (Å²) < 4.78 is 12.6. The van der Waals surface area contributed by atoms with Crippen molar-refractivity contribution in [1.82, 2.24) is 19.9 Å². The van der Waals surface area contributed by atoms with E-state index in [0.29, 0.717) is 25.1 Å². The van der Waals surface area contributed by atoms with Gasteiger partial charge >= 0.3 is 17.9 Å². The van der Waals surface area contributed by atoms with Crippen molar-refractivity contribution in [1.29, 1.82) is 0 Å². The second-order valence-corrected chi connectivity index (χ2v) is 31.1. The van der Waals surface area contributed by atoms with Gasteiger partial charge in [0, 0.05) is 57.1 Å². The molecule has 0 unspecified atom stereocenters. The molecular formula is C81H104N8O8. The first-order chi connectivity index (χ1) is 45.6. The topological polar surface area (TPSA) is 204 Å². The average molecular weight is 1320 g/mol. The first kappa shape index (κ1) is 72.6. The van der Waals surface area contributed by atoms with Crippen molar-refractivity contribution in [2.24, 2.45) is 4.99 Å². The number of unbranched alkanes of at least 4 members (excludes halogenated alkanes) is 5. The fourth-order valence-corrected chi connectivity index (χ4v) is 14.0. The largest absolute Gasteiger partial charge is 0.491 e. The van der Waals surface area contributed by atoms with Crippen molar-refractivity contribution in [2.75, 3.05) is 49.1 Å². The number of benzene rings is 5. The Hall–Kier alpha value is -8.66. The van der Waals surface area contributed by atoms with Crippen molar-refractivity contribution in [3.8, 4) is 11.5 Å². The average Bonchev–Trinajstić information content (AvgIpc) is 1.69. The highest BCUT2D eigenvalue weighted by atomic mass is 16.5. The Morgan fingerprint density at radius 2 is 0.835 bits per heavy atom. The maximum atomic E-state index is 11.4. The van der Waals surface area contributed by atoms with Gasteiger partial charge in [-0.1, -0.05) is 147 Å². The van der Waals surface area contributed by atoms with E-state index in [1.807, 2.05) is 36.0 Å². The van der Waals surface area contributed by atoms with E-state index in [1.54, 1.807) is 12.1 Å². The number of nitrogens with zero attached hydrogens (tertiary/aromatic N) is 8. The molecule has 97 heavy (non-hydrogen) atoms. The van der Waals surface area contributed by atoms with E-state index in [1.165, 1.54) is 71.0 Å². The Morgan fingerprint density at radius 3 is 1.24 bits per heavy atom. The number of carboxylic acid groups (broad SMARTS) is 3. The number of hydrogen-bond donors (Lipinski definition) is 3. The van der Waals surface area contributed by atoms with Gasteiger partial charge in [-0.3, -0.25) is 0 Å². The predicted octanol–water partition coefficient (Wildman–Crippen LogP) is 19.4. The van der Waals surface area contributed by atoms with Crippen LogP contribution in [0.1, 0.15) is 262 Å². The van der Waals surface area contributed by atoms with Crippen molar-refractivity contribution in [3.05, 3.63) is 170 Å². The molecule has 4 aliphatic rings. The summed E-state index contributed by atoms with van der Waals surface area (Å²) in [6.45, 7) is 35.6. The van der Waals surface area contributed by atoms with Crippen LogP contribution in [0.4, 0.5) is 40.3 Å². The first-order valence-electron chi connectivity index (χ1n) is 34.8. The third kappa shape index (κ3) is 15.8. The normalized spacial score (nSPS) is 16.8. The Balaban J connectivity index is 0.000000171. The molecule has 2 aromatic heterocycles. The lowest BCUT2D eigenvalue weighted by Gasteiger charge is -2.43. The quantitative estimate of drug-likeness (QED) is 0.0645. The molecular weight excluding hydrogens is 1210 g/mol. The predicted molar refractivity (Wildman–Crippen MR) is 392 cm³/mol. The number of carbonyl (C=O) groups is 3. The van der Waals surface area contributed by atoms with Crippen LogP contribution >= 0.6 is 0 Å². The summed E-state index contributed by atoms with van der Waals surface area (Å²) in [5.41, 5.74) is 18.0. The summed E-state index contributed by atoms with van der Waals surface area (Å²) in [5.74, 6) is -0.447. The van der Waals surface area contributed by atoms with Gasteiger partial charge in [-0.25, -0.2) is 39.3 Å². The molecule has 0 spiro atoms. The van der Waals surface area contributed by atoms with Crippen LogP contribution in [0.2, 0.25) is 0 Å². The molecule has 516 valence electrons. The Bertz CT molecular complexity index is 4060. The zero-order valence-corrected chi connectivity index (χ0v) is 60.9. The molecule has 1 aliphatic heterocycles. The molecule has 11 rings (SSSR count). The molecule has 5 aromatic carbocycles. The zero-order valence-electron chi connectivity index (χ0n) is 60.9. The lowest BCUT2D eigenvalue weighted by molar-refractivity contribution is 0.0685. The molecule has 3 N–H and O–H groups in total. The minimum absolute atomic E-state index is 0.0636. The van der Waals surface area contributed by atoms with E-state index in [2.05, 4.69) is 190 Å². The van der Waals surface area contributed by atoms with E-state index >= 15 is 0 Å². The van der Waals surface area contributed by atoms with Crippen LogP contribution in [0.25, 0.3) is 0 Å². The van der Waals surface area contributed by atoms with Crippen LogP contribution in [-0.4, -0.2) is 93.2 Å². The summed E-state index contributed by atoms with van der Waals surface area (Å²) in [6, 6.07) is 27.1. The molecule has 16 heteroatoms. The molecule has 16 nitrogen and oxygen atoms in total. The number of aryl methyl sites for hydroxylation is 1. The molecule has 0 amide bonds. The Labute approximate surface area is 576 Å². The van der Waals surface area contributed by atoms with Gasteiger partial charge < -0.3 is 39.5 Å². The van der Waals surface area contributed by atoms with Crippen LogP contribution in [0.15, 0.2) is 109 Å². The monoisotopic (exact) mass is 1320 g/mol. The molecule has 0 atom stereocenters. The smallest absolute Gasteiger partial charge is 0.338 e. The van der Waals surface area contributed by atoms with Crippen LogP contribution in [0, 0.1) is 6.92 Å². The highest BCUT2D eigenvalue weighted by Gasteiger charge is 2.42. The van der Waals surface area contributed by atoms with Crippen molar-refractivity contribution in [3.63, 3.8) is 0 Å². The maximum absolute atomic E-state index is 11.4. The van der Waals surface area contributed by atoms with Gasteiger partial charge in [-0.05, 0) is 190 Å². The number of ether oxygens (including phenoxy) is 2. The Kier molecular flexibility index (Phi) is 21.6. The van der Waals surface area contributed by atoms with Gasteiger partial charge in [0.25, 0.3) is 0 Å². The summed E-state index contributed by atoms with van der Waals surface area (Å²) >= 11 is 0. The Morgan fingerprint density at radius 1 is 0.464 bits per heavy atom. The molecule has 3 heterocycles. The van der Waals surface area contributed by atoms with E-state index in [0.717, 1.165) is 133 Å². The second-order valence-electron chi connectivity index (χ2n) is 31.1. The summed E-state index contributed by atoms with van der Waals surface area (Å²) in [6.07, 6.45) is 20.1. The van der Waals surface area contributed by atoms with E-state index in [9.17, 15) is 19.5 Å². The summed E-state index contributed by atoms with van der Waals surface area (Å²) in [7, 11) is 5.92. The molecule has 0 saturated heterocycles. The molecule has 0 fully saturated rings. The lowest BCUT2D eigenvalue weighted by atomic mass is 9.62. The lowest BCUT2D eigenvalue weighted by Crippen LogP contribution is -2.34. The molecule has 0 saturated carbocycles. The molecule has 3 aliphatic carbocycles. The standard InChI is InChI=1S/C30H32N2O2.C26H37N3O3.C25H35N3O3/c1-18-7-12-25-24(15-18)31-27(19-8-10-20(11-9-19)28(33)34)21-16-22-23(17-26(21)32(25)6)30(4,5)14-13-29(22,2)3;1-7-8-9-10-13-32-22-15-20-19(25(2,3)11-12-26(20,4)5)14-21(22)29(6)24-27-16-18(17-28-24)23(30)31;1-7-8-9-12-31-21-14-19-18(24(2,3)10-11-25(19,4)5)13-20(21)28(6)23-26-15-17(16-27-23)22(29)30/h7-12,15-17H,13-14H2,1-6H3,(H,33,34);14-17H,7-13H2,1-6H3,(H,30,31);13-16H,7-12H2,1-6H3,(H,29,30). The van der Waals surface area contributed by atoms with Gasteiger partial charge in [-0.15, -0.1) is 0 Å². The number of carboxylic acids is 3. The number of rotatable bonds is 19. The first-order valence-corrected chi connectivity index (χ1v) is 34.8. The minimum atomic E-state index is -1.04. The van der Waals surface area contributed by atoms with Gasteiger partial charge in [0.15, 0.2) is 0 Å². The molecule has 0 radical (unpaired) electrons. The number of aromatic carboxylic acids is 3. The number of aromatic nitrogens is 4. The van der Waals surface area contributed by atoms with Crippen LogP contribution in [0.5, 0.6) is 11.5 Å². The third-order valence-electron chi connectivity index (χ3n) is 20.9. The summed E-state index contributed by atoms with van der Waals surface area (Å²) in [4.78, 5) is 62.2. The number of aliphatic imine (C=N–C) groups is 1. The van der Waals surface area contributed by atoms with Gasteiger partial charge in [0.1, 0.15) is 11.5 Å². The second kappa shape index (κ2) is 28.8. The van der Waals surface area contributed by atoms with Crippen LogP contribution < -0.4 is 24.2 Å². The van der Waals surface area contributed by atoms with Gasteiger partial charge in [0.2, 0.25) is 11.9 Å². The summed E-state index contributed by atoms with van der Waals surface area (Å²) in [5, 5.41) is 27.7. The number of fused-ring (bicyclic) bond motifs is 5. The highest BCUT2D eigenvalue weighted by molar-refractivity contribution is 6.19. The van der Waals surface area contributed by atoms with E-state index in [-0.39, 0.29) is 49.2 Å². The van der Waals surface area contributed by atoms with Crippen molar-refractivity contribution in [2.45, 2.75) is 220 Å². The fraction of sp³-hybridized carbons (Fsp3) is 0.481. The number of hydrogen-bond acceptors (Lipinski definition) is 13. The van der Waals surface area contributed by atoms with Crippen LogP contribution in [-0.2, 0) is 32.5 Å². The third-order valence-corrected chi connectivity index (χ3v) is 20.9. The van der Waals surface area contributed by atoms with Crippen molar-refractivity contribution >= 4 is 64.0 Å². The van der Waals surface area contributed by atoms with E-state index < -0.39 is 17.9 Å².